The van der Waals surface area contributed by atoms with Gasteiger partial charge in [0.05, 0.1) is 0 Å². The lowest BCUT2D eigenvalue weighted by molar-refractivity contribution is 0.591. The van der Waals surface area contributed by atoms with Gasteiger partial charge in [-0.15, -0.1) is 0 Å². The first-order valence-electron chi connectivity index (χ1n) is 36.8. The molecule has 0 aliphatic heterocycles. The van der Waals surface area contributed by atoms with Crippen LogP contribution >= 0.6 is 0 Å². The quantitative estimate of drug-likeness (QED) is 0.142. The molecule has 0 saturated carbocycles. The Bertz CT molecular complexity index is 6980. The summed E-state index contributed by atoms with van der Waals surface area (Å²) in [6, 6.07) is 135. The fourth-order valence-electron chi connectivity index (χ4n) is 17.1. The molecular formula is C104H70O2. The number of furan rings is 2. The smallest absolute Gasteiger partial charge is 0.143 e. The Morgan fingerprint density at radius 3 is 0.991 bits per heavy atom. The molecule has 21 aromatic rings. The molecule has 21 rings (SSSR count). The molecule has 2 aromatic heterocycles. The molecule has 0 aliphatic rings. The Balaban J connectivity index is 0.000000141. The molecule has 0 fully saturated rings. The first-order chi connectivity index (χ1) is 52.2. The van der Waals surface area contributed by atoms with Crippen molar-refractivity contribution in [3.63, 3.8) is 0 Å². The van der Waals surface area contributed by atoms with Crippen molar-refractivity contribution in [2.75, 3.05) is 0 Å². The molecule has 2 heteroatoms. The second-order valence-corrected chi connectivity index (χ2v) is 29.2. The average molecular weight is 1350 g/mol. The SMILES string of the molecule is CC(C)(C)c1ccc2cccc(-c3cccc4c3oc3ccc(-c5c6ccccc6c(-c6cccc7ccccc67)c6ccccc56)cc34)c2c1.c1ccc(-c2ccc(-c3ccccc3)c(-c3cccc4c3oc3ccc(-c5c6ccccc6c(-c6cccc7ccccc67)c6ccccc56)cc34)c2)cc1. The van der Waals surface area contributed by atoms with Crippen LogP contribution in [0.15, 0.2) is 379 Å². The number of benzene rings is 19. The third-order valence-electron chi connectivity index (χ3n) is 22.1. The second kappa shape index (κ2) is 25.2. The maximum absolute atomic E-state index is 6.86. The second-order valence-electron chi connectivity index (χ2n) is 29.2. The lowest BCUT2D eigenvalue weighted by Crippen LogP contribution is -2.10. The zero-order chi connectivity index (χ0) is 70.6. The van der Waals surface area contributed by atoms with Crippen molar-refractivity contribution in [2.24, 2.45) is 0 Å². The summed E-state index contributed by atoms with van der Waals surface area (Å²) in [7, 11) is 0. The summed E-state index contributed by atoms with van der Waals surface area (Å²) in [5.74, 6) is 0. The molecule has 0 N–H and O–H groups in total. The number of para-hydroxylation sites is 2. The highest BCUT2D eigenvalue weighted by atomic mass is 16.3. The molecule has 2 heterocycles. The molecule has 0 spiro atoms. The highest BCUT2D eigenvalue weighted by Gasteiger charge is 2.25. The van der Waals surface area contributed by atoms with Crippen LogP contribution in [0.5, 0.6) is 0 Å². The zero-order valence-corrected chi connectivity index (χ0v) is 59.0. The summed E-state index contributed by atoms with van der Waals surface area (Å²) in [4.78, 5) is 0. The molecule has 0 atom stereocenters. The van der Waals surface area contributed by atoms with Crippen LogP contribution in [0, 0.1) is 0 Å². The van der Waals surface area contributed by atoms with E-state index >= 15 is 0 Å². The van der Waals surface area contributed by atoms with Crippen molar-refractivity contribution in [2.45, 2.75) is 26.2 Å². The van der Waals surface area contributed by atoms with Gasteiger partial charge in [0.25, 0.3) is 0 Å². The third kappa shape index (κ3) is 10.4. The molecule has 0 unspecified atom stereocenters. The Kier molecular flexibility index (Phi) is 14.9. The number of hydrogen-bond donors (Lipinski definition) is 0. The molecule has 0 radical (unpaired) electrons. The van der Waals surface area contributed by atoms with Crippen LogP contribution in [-0.4, -0.2) is 0 Å². The molecule has 106 heavy (non-hydrogen) atoms. The van der Waals surface area contributed by atoms with Crippen molar-refractivity contribution in [3.05, 3.63) is 376 Å². The van der Waals surface area contributed by atoms with Crippen LogP contribution < -0.4 is 0 Å². The van der Waals surface area contributed by atoms with Gasteiger partial charge in [0.2, 0.25) is 0 Å². The largest absolute Gasteiger partial charge is 0.455 e. The minimum atomic E-state index is 0.0600. The van der Waals surface area contributed by atoms with Gasteiger partial charge in [0.15, 0.2) is 0 Å². The molecule has 2 nitrogen and oxygen atoms in total. The van der Waals surface area contributed by atoms with E-state index in [1.807, 2.05) is 0 Å². The Morgan fingerprint density at radius 1 is 0.179 bits per heavy atom. The van der Waals surface area contributed by atoms with Gasteiger partial charge in [-0.25, -0.2) is 0 Å². The van der Waals surface area contributed by atoms with E-state index in [9.17, 15) is 0 Å². The summed E-state index contributed by atoms with van der Waals surface area (Å²) in [6.07, 6.45) is 0. The number of fused-ring (bicyclic) bond motifs is 13. The summed E-state index contributed by atoms with van der Waals surface area (Å²) < 4.78 is 13.6. The van der Waals surface area contributed by atoms with Crippen LogP contribution in [0.1, 0.15) is 26.3 Å². The van der Waals surface area contributed by atoms with E-state index in [4.69, 9.17) is 8.83 Å². The zero-order valence-electron chi connectivity index (χ0n) is 59.0. The highest BCUT2D eigenvalue weighted by Crippen LogP contribution is 2.51. The molecule has 0 bridgehead atoms. The van der Waals surface area contributed by atoms with E-state index < -0.39 is 0 Å². The lowest BCUT2D eigenvalue weighted by atomic mass is 9.84. The normalized spacial score (nSPS) is 11.9. The van der Waals surface area contributed by atoms with Crippen molar-refractivity contribution in [1.29, 1.82) is 0 Å². The molecule has 498 valence electrons. The third-order valence-corrected chi connectivity index (χ3v) is 22.1. The van der Waals surface area contributed by atoms with Crippen LogP contribution in [0.4, 0.5) is 0 Å². The van der Waals surface area contributed by atoms with Gasteiger partial charge in [-0.3, -0.25) is 0 Å². The van der Waals surface area contributed by atoms with E-state index in [-0.39, 0.29) is 5.41 Å². The molecule has 19 aromatic carbocycles. The highest BCUT2D eigenvalue weighted by molar-refractivity contribution is 6.27. The van der Waals surface area contributed by atoms with Crippen molar-refractivity contribution in [3.8, 4) is 89.0 Å². The first-order valence-corrected chi connectivity index (χ1v) is 36.8. The predicted octanol–water partition coefficient (Wildman–Crippen LogP) is 29.9. The Labute approximate surface area is 614 Å². The maximum atomic E-state index is 6.86. The lowest BCUT2D eigenvalue weighted by Gasteiger charge is -2.20. The van der Waals surface area contributed by atoms with Crippen molar-refractivity contribution in [1.82, 2.24) is 0 Å². The van der Waals surface area contributed by atoms with Crippen molar-refractivity contribution < 1.29 is 8.83 Å². The van der Waals surface area contributed by atoms with Gasteiger partial charge >= 0.3 is 0 Å². The van der Waals surface area contributed by atoms with E-state index in [2.05, 4.69) is 391 Å². The van der Waals surface area contributed by atoms with E-state index in [1.54, 1.807) is 0 Å². The molecule has 0 amide bonds. The fourth-order valence-corrected chi connectivity index (χ4v) is 17.1. The predicted molar refractivity (Wildman–Crippen MR) is 452 cm³/mol. The fraction of sp³-hybridized carbons (Fsp3) is 0.0385. The first kappa shape index (κ1) is 62.4. The minimum absolute atomic E-state index is 0.0600. The van der Waals surface area contributed by atoms with Gasteiger partial charge in [0.1, 0.15) is 22.3 Å². The van der Waals surface area contributed by atoms with Crippen LogP contribution in [-0.2, 0) is 5.41 Å². The summed E-state index contributed by atoms with van der Waals surface area (Å²) in [5, 5.41) is 22.0. The Morgan fingerprint density at radius 2 is 0.528 bits per heavy atom. The van der Waals surface area contributed by atoms with E-state index in [0.717, 1.165) is 60.6 Å². The van der Waals surface area contributed by atoms with Crippen LogP contribution in [0.25, 0.3) is 208 Å². The number of rotatable bonds is 8. The van der Waals surface area contributed by atoms with Crippen LogP contribution in [0.2, 0.25) is 0 Å². The topological polar surface area (TPSA) is 26.3 Å². The summed E-state index contributed by atoms with van der Waals surface area (Å²) >= 11 is 0. The molecule has 0 aliphatic carbocycles. The number of hydrogen-bond acceptors (Lipinski definition) is 2. The van der Waals surface area contributed by atoms with Crippen LogP contribution in [0.3, 0.4) is 0 Å². The van der Waals surface area contributed by atoms with E-state index in [0.29, 0.717) is 0 Å². The van der Waals surface area contributed by atoms with Gasteiger partial charge < -0.3 is 8.83 Å². The Hall–Kier alpha value is -13.4. The maximum Gasteiger partial charge on any atom is 0.143 e. The van der Waals surface area contributed by atoms with Gasteiger partial charge in [0, 0.05) is 32.7 Å². The van der Waals surface area contributed by atoms with Gasteiger partial charge in [-0.1, -0.05) is 354 Å². The summed E-state index contributed by atoms with van der Waals surface area (Å²) in [5.41, 5.74) is 24.2. The molecular weight excluding hydrogens is 1280 g/mol. The van der Waals surface area contributed by atoms with Gasteiger partial charge in [-0.05, 0) is 201 Å². The summed E-state index contributed by atoms with van der Waals surface area (Å²) in [6.45, 7) is 6.83. The average Bonchev–Trinajstić information content (AvgIpc) is 1.00. The standard InChI is InChI=1S/C54H34O.C50H36O/c1-3-15-35(16-4-1)38-29-31-41(36-17-5-2-6-18-36)49(33-38)47-27-14-28-48-50-34-39(30-32-51(50)55-54(47)48)52-43-22-9-11-24-45(43)53(46-25-12-10-23-44(46)52)42-26-13-20-37-19-7-8-21-40(37)42;1-50(2,3)34-27-25-32-15-10-21-36(44(32)30-34)42-23-12-24-43-45-29-33(26-28-46(45)51-49(42)43)47-38-17-6-8-19-40(38)48(41-20-9-7-18-39(41)47)37-22-11-14-31-13-4-5-16-35(31)37/h1-34H;4-30H,1-3H3. The van der Waals surface area contributed by atoms with Crippen molar-refractivity contribution >= 4 is 119 Å². The molecule has 0 saturated heterocycles. The van der Waals surface area contributed by atoms with Gasteiger partial charge in [-0.2, -0.15) is 0 Å². The monoisotopic (exact) mass is 1350 g/mol. The minimum Gasteiger partial charge on any atom is -0.455 e. The van der Waals surface area contributed by atoms with E-state index in [1.165, 1.54) is 153 Å².